The first-order valence-corrected chi connectivity index (χ1v) is 14.9. The molecule has 2 aliphatic carbocycles. The second-order valence-electron chi connectivity index (χ2n) is 10.7. The van der Waals surface area contributed by atoms with Crippen LogP contribution in [0.2, 0.25) is 0 Å². The van der Waals surface area contributed by atoms with Gasteiger partial charge in [0, 0.05) is 36.5 Å². The van der Waals surface area contributed by atoms with E-state index in [-0.39, 0.29) is 23.8 Å². The maximum atomic E-state index is 13.3. The van der Waals surface area contributed by atoms with E-state index in [4.69, 9.17) is 12.2 Å². The SMILES string of the molecule is CCCCNC(=O)c1c(NC(=O)C2CC2)sc2c1CC(NC(=S)N(Cc1ccccc1)CC(C)C)CC2. The summed E-state index contributed by atoms with van der Waals surface area (Å²) in [6, 6.07) is 10.6. The lowest BCUT2D eigenvalue weighted by molar-refractivity contribution is -0.117. The molecule has 200 valence electrons. The van der Waals surface area contributed by atoms with Crippen molar-refractivity contribution in [1.82, 2.24) is 15.5 Å². The van der Waals surface area contributed by atoms with Crippen molar-refractivity contribution in [3.05, 3.63) is 51.9 Å². The molecule has 2 amide bonds. The predicted octanol–water partition coefficient (Wildman–Crippen LogP) is 5.52. The predicted molar refractivity (Wildman–Crippen MR) is 156 cm³/mol. The number of aryl methyl sites for hydroxylation is 1. The minimum absolute atomic E-state index is 0.0438. The molecule has 2 aromatic rings. The highest BCUT2D eigenvalue weighted by molar-refractivity contribution is 7.80. The Hall–Kier alpha value is -2.45. The van der Waals surface area contributed by atoms with Crippen LogP contribution in [0.1, 0.15) is 79.2 Å². The molecule has 1 unspecified atom stereocenters. The van der Waals surface area contributed by atoms with Crippen molar-refractivity contribution < 1.29 is 9.59 Å². The number of rotatable bonds is 11. The smallest absolute Gasteiger partial charge is 0.254 e. The summed E-state index contributed by atoms with van der Waals surface area (Å²) >= 11 is 7.48. The molecule has 6 nitrogen and oxygen atoms in total. The number of nitrogens with zero attached hydrogens (tertiary/aromatic N) is 1. The van der Waals surface area contributed by atoms with Crippen molar-refractivity contribution in [2.45, 2.75) is 78.3 Å². The number of hydrogen-bond acceptors (Lipinski definition) is 4. The Morgan fingerprint density at radius 3 is 2.59 bits per heavy atom. The fourth-order valence-corrected chi connectivity index (χ4v) is 6.34. The molecule has 37 heavy (non-hydrogen) atoms. The van der Waals surface area contributed by atoms with Crippen LogP contribution in [0.4, 0.5) is 5.00 Å². The highest BCUT2D eigenvalue weighted by atomic mass is 32.1. The van der Waals surface area contributed by atoms with Crippen LogP contribution in [0.15, 0.2) is 30.3 Å². The number of thiophene rings is 1. The van der Waals surface area contributed by atoms with Gasteiger partial charge in [0.1, 0.15) is 5.00 Å². The summed E-state index contributed by atoms with van der Waals surface area (Å²) in [6.45, 7) is 8.81. The minimum atomic E-state index is -0.0780. The average molecular weight is 541 g/mol. The Morgan fingerprint density at radius 1 is 1.16 bits per heavy atom. The second-order valence-corrected chi connectivity index (χ2v) is 12.2. The lowest BCUT2D eigenvalue weighted by atomic mass is 9.91. The summed E-state index contributed by atoms with van der Waals surface area (Å²) in [5, 5.41) is 11.3. The van der Waals surface area contributed by atoms with Gasteiger partial charge in [-0.15, -0.1) is 11.3 Å². The summed E-state index contributed by atoms with van der Waals surface area (Å²) < 4.78 is 0. The molecule has 0 spiro atoms. The number of carbonyl (C=O) groups is 2. The fourth-order valence-electron chi connectivity index (χ4n) is 4.79. The van der Waals surface area contributed by atoms with E-state index in [1.807, 2.05) is 6.07 Å². The van der Waals surface area contributed by atoms with E-state index in [0.29, 0.717) is 23.0 Å². The normalized spacial score (nSPS) is 16.7. The number of hydrogen-bond donors (Lipinski definition) is 3. The Balaban J connectivity index is 1.49. The van der Waals surface area contributed by atoms with E-state index in [1.54, 1.807) is 11.3 Å². The quantitative estimate of drug-likeness (QED) is 0.259. The Labute approximate surface area is 230 Å². The van der Waals surface area contributed by atoms with Crippen LogP contribution in [0.5, 0.6) is 0 Å². The molecule has 4 rings (SSSR count). The molecule has 0 radical (unpaired) electrons. The van der Waals surface area contributed by atoms with E-state index in [2.05, 4.69) is 65.9 Å². The number of thiocarbonyl (C=S) groups is 1. The van der Waals surface area contributed by atoms with E-state index in [0.717, 1.165) is 68.7 Å². The lowest BCUT2D eigenvalue weighted by Gasteiger charge is -2.32. The zero-order valence-electron chi connectivity index (χ0n) is 22.3. The summed E-state index contributed by atoms with van der Waals surface area (Å²) in [7, 11) is 0. The van der Waals surface area contributed by atoms with E-state index in [1.165, 1.54) is 10.4 Å². The van der Waals surface area contributed by atoms with Crippen molar-refractivity contribution in [1.29, 1.82) is 0 Å². The third-order valence-electron chi connectivity index (χ3n) is 6.91. The van der Waals surface area contributed by atoms with E-state index >= 15 is 0 Å². The molecule has 1 saturated carbocycles. The number of unbranched alkanes of at least 4 members (excludes halogenated alkanes) is 1. The Morgan fingerprint density at radius 2 is 1.92 bits per heavy atom. The fraction of sp³-hybridized carbons (Fsp3) is 0.552. The van der Waals surface area contributed by atoms with Gasteiger partial charge in [0.05, 0.1) is 5.56 Å². The maximum Gasteiger partial charge on any atom is 0.254 e. The van der Waals surface area contributed by atoms with Gasteiger partial charge in [0.25, 0.3) is 5.91 Å². The molecule has 3 N–H and O–H groups in total. The average Bonchev–Trinajstić information content (AvgIpc) is 3.66. The van der Waals surface area contributed by atoms with Gasteiger partial charge in [0.2, 0.25) is 5.91 Å². The highest BCUT2D eigenvalue weighted by Crippen LogP contribution is 2.40. The highest BCUT2D eigenvalue weighted by Gasteiger charge is 2.34. The van der Waals surface area contributed by atoms with Crippen LogP contribution in [0.3, 0.4) is 0 Å². The van der Waals surface area contributed by atoms with E-state index < -0.39 is 0 Å². The first-order valence-electron chi connectivity index (χ1n) is 13.7. The molecule has 1 heterocycles. The van der Waals surface area contributed by atoms with E-state index in [9.17, 15) is 9.59 Å². The van der Waals surface area contributed by atoms with Crippen LogP contribution in [-0.4, -0.2) is 41.0 Å². The standard InChI is InChI=1S/C29H40N4O2S2/c1-4-5-15-30-27(35)25-23-16-22(13-14-24(23)37-28(25)32-26(34)21-11-12-21)31-29(36)33(17-19(2)3)18-20-9-7-6-8-10-20/h6-10,19,21-22H,4-5,11-18H2,1-3H3,(H,30,35)(H,31,36)(H,32,34). The molecular formula is C29H40N4O2S2. The topological polar surface area (TPSA) is 73.5 Å². The van der Waals surface area contributed by atoms with Gasteiger partial charge in [-0.05, 0) is 67.8 Å². The molecule has 0 aliphatic heterocycles. The first-order chi connectivity index (χ1) is 17.9. The maximum absolute atomic E-state index is 13.3. The van der Waals surface area contributed by atoms with Crippen LogP contribution >= 0.6 is 23.6 Å². The lowest BCUT2D eigenvalue weighted by Crippen LogP contribution is -2.47. The number of nitrogens with one attached hydrogen (secondary N) is 3. The van der Waals surface area contributed by atoms with Gasteiger partial charge in [-0.1, -0.05) is 57.5 Å². The third-order valence-corrected chi connectivity index (χ3v) is 8.49. The monoisotopic (exact) mass is 540 g/mol. The number of amides is 2. The van der Waals surface area contributed by atoms with Crippen molar-refractivity contribution >= 4 is 45.5 Å². The largest absolute Gasteiger partial charge is 0.359 e. The summed E-state index contributed by atoms with van der Waals surface area (Å²) in [6.07, 6.45) is 6.38. The van der Waals surface area contributed by atoms with Gasteiger partial charge in [-0.25, -0.2) is 0 Å². The number of fused-ring (bicyclic) bond motifs is 1. The summed E-state index contributed by atoms with van der Waals surface area (Å²) in [5.74, 6) is 0.543. The molecule has 1 atom stereocenters. The van der Waals surface area contributed by atoms with Gasteiger partial charge in [-0.2, -0.15) is 0 Å². The Bertz CT molecular complexity index is 1090. The third kappa shape index (κ3) is 7.54. The van der Waals surface area contributed by atoms with Crippen LogP contribution < -0.4 is 16.0 Å². The first kappa shape index (κ1) is 27.6. The molecule has 0 saturated heterocycles. The van der Waals surface area contributed by atoms with Gasteiger partial charge in [-0.3, -0.25) is 9.59 Å². The van der Waals surface area contributed by atoms with Crippen LogP contribution in [0, 0.1) is 11.8 Å². The van der Waals surface area contributed by atoms with Crippen molar-refractivity contribution in [3.63, 3.8) is 0 Å². The zero-order valence-corrected chi connectivity index (χ0v) is 23.9. The van der Waals surface area contributed by atoms with Crippen LogP contribution in [-0.2, 0) is 24.2 Å². The van der Waals surface area contributed by atoms with Crippen molar-refractivity contribution in [2.75, 3.05) is 18.4 Å². The number of carbonyl (C=O) groups excluding carboxylic acids is 2. The summed E-state index contributed by atoms with van der Waals surface area (Å²) in [5.41, 5.74) is 2.96. The van der Waals surface area contributed by atoms with Gasteiger partial charge < -0.3 is 20.9 Å². The second kappa shape index (κ2) is 12.9. The molecular weight excluding hydrogens is 500 g/mol. The molecule has 2 aliphatic rings. The molecule has 8 heteroatoms. The summed E-state index contributed by atoms with van der Waals surface area (Å²) in [4.78, 5) is 29.3. The number of benzene rings is 1. The van der Waals surface area contributed by atoms with Crippen molar-refractivity contribution in [3.8, 4) is 0 Å². The Kier molecular flexibility index (Phi) is 9.60. The molecule has 0 bridgehead atoms. The van der Waals surface area contributed by atoms with Gasteiger partial charge in [0.15, 0.2) is 5.11 Å². The molecule has 1 fully saturated rings. The van der Waals surface area contributed by atoms with Gasteiger partial charge >= 0.3 is 0 Å². The van der Waals surface area contributed by atoms with Crippen LogP contribution in [0.25, 0.3) is 0 Å². The zero-order chi connectivity index (χ0) is 26.4. The minimum Gasteiger partial charge on any atom is -0.359 e. The van der Waals surface area contributed by atoms with Crippen molar-refractivity contribution in [2.24, 2.45) is 11.8 Å². The number of anilines is 1. The molecule has 1 aromatic heterocycles. The molecule has 1 aromatic carbocycles.